The van der Waals surface area contributed by atoms with Crippen LogP contribution in [0, 0.1) is 6.92 Å². The maximum Gasteiger partial charge on any atom is 0.329 e. The van der Waals surface area contributed by atoms with Crippen molar-refractivity contribution in [1.29, 1.82) is 0 Å². The van der Waals surface area contributed by atoms with E-state index in [9.17, 15) is 9.59 Å². The van der Waals surface area contributed by atoms with E-state index < -0.39 is 11.6 Å². The van der Waals surface area contributed by atoms with Gasteiger partial charge >= 0.3 is 5.97 Å². The molecule has 0 spiro atoms. The standard InChI is InChI=1S/C14H16ClNO4/c1-9-10(4-3-5-11(9)15)13(19)16-7-14(2,8-16)20-6-12(17)18/h3-5H,6-8H2,1-2H3,(H,17,18). The third-order valence-electron chi connectivity index (χ3n) is 3.38. The zero-order valence-corrected chi connectivity index (χ0v) is 12.1. The number of carbonyl (C=O) groups is 2. The number of ether oxygens (including phenoxy) is 1. The van der Waals surface area contributed by atoms with E-state index in [1.165, 1.54) is 0 Å². The molecule has 1 amide bonds. The van der Waals surface area contributed by atoms with Crippen molar-refractivity contribution in [2.45, 2.75) is 19.4 Å². The molecule has 2 rings (SSSR count). The Labute approximate surface area is 122 Å². The van der Waals surface area contributed by atoms with E-state index in [1.54, 1.807) is 36.9 Å². The molecule has 1 aliphatic rings. The summed E-state index contributed by atoms with van der Waals surface area (Å²) in [6.45, 7) is 4.00. The first kappa shape index (κ1) is 14.8. The summed E-state index contributed by atoms with van der Waals surface area (Å²) in [5, 5.41) is 9.15. The molecule has 0 aliphatic carbocycles. The fourth-order valence-electron chi connectivity index (χ4n) is 2.24. The van der Waals surface area contributed by atoms with Crippen molar-refractivity contribution in [3.05, 3.63) is 34.3 Å². The molecule has 0 atom stereocenters. The number of likely N-dealkylation sites (tertiary alicyclic amines) is 1. The molecule has 6 heteroatoms. The summed E-state index contributed by atoms with van der Waals surface area (Å²) < 4.78 is 5.28. The van der Waals surface area contributed by atoms with Crippen molar-refractivity contribution in [1.82, 2.24) is 4.90 Å². The SMILES string of the molecule is Cc1c(Cl)cccc1C(=O)N1CC(C)(OCC(=O)O)C1. The summed E-state index contributed by atoms with van der Waals surface area (Å²) in [6.07, 6.45) is 0. The van der Waals surface area contributed by atoms with Crippen molar-refractivity contribution < 1.29 is 19.4 Å². The van der Waals surface area contributed by atoms with Crippen molar-refractivity contribution in [3.63, 3.8) is 0 Å². The molecule has 1 aromatic rings. The van der Waals surface area contributed by atoms with E-state index in [4.69, 9.17) is 21.4 Å². The predicted octanol–water partition coefficient (Wildman–Crippen LogP) is 1.96. The number of hydrogen-bond acceptors (Lipinski definition) is 3. The van der Waals surface area contributed by atoms with E-state index in [2.05, 4.69) is 0 Å². The second-order valence-corrected chi connectivity index (χ2v) is 5.61. The Morgan fingerprint density at radius 2 is 2.10 bits per heavy atom. The molecule has 0 unspecified atom stereocenters. The van der Waals surface area contributed by atoms with Crippen LogP contribution in [-0.2, 0) is 9.53 Å². The molecule has 108 valence electrons. The second-order valence-electron chi connectivity index (χ2n) is 5.21. The summed E-state index contributed by atoms with van der Waals surface area (Å²) in [6, 6.07) is 5.21. The largest absolute Gasteiger partial charge is 0.480 e. The minimum absolute atomic E-state index is 0.110. The van der Waals surface area contributed by atoms with Crippen molar-refractivity contribution >= 4 is 23.5 Å². The van der Waals surface area contributed by atoms with Crippen LogP contribution in [0.1, 0.15) is 22.8 Å². The van der Waals surface area contributed by atoms with Crippen molar-refractivity contribution in [3.8, 4) is 0 Å². The quantitative estimate of drug-likeness (QED) is 0.922. The van der Waals surface area contributed by atoms with E-state index in [1.807, 2.05) is 0 Å². The van der Waals surface area contributed by atoms with E-state index in [0.717, 1.165) is 5.56 Å². The Morgan fingerprint density at radius 1 is 1.45 bits per heavy atom. The molecule has 0 bridgehead atoms. The van der Waals surface area contributed by atoms with Crippen LogP contribution in [0.5, 0.6) is 0 Å². The summed E-state index contributed by atoms with van der Waals surface area (Å²) in [5.41, 5.74) is 0.734. The van der Waals surface area contributed by atoms with E-state index >= 15 is 0 Å². The summed E-state index contributed by atoms with van der Waals surface area (Å²) >= 11 is 6.00. The summed E-state index contributed by atoms with van der Waals surface area (Å²) in [7, 11) is 0. The van der Waals surface area contributed by atoms with Crippen LogP contribution in [0.4, 0.5) is 0 Å². The topological polar surface area (TPSA) is 66.8 Å². The Bertz CT molecular complexity index is 552. The van der Waals surface area contributed by atoms with Gasteiger partial charge in [-0.1, -0.05) is 17.7 Å². The van der Waals surface area contributed by atoms with Gasteiger partial charge in [0.15, 0.2) is 0 Å². The van der Waals surface area contributed by atoms with Crippen LogP contribution < -0.4 is 0 Å². The highest BCUT2D eigenvalue weighted by Crippen LogP contribution is 2.28. The number of halogens is 1. The Morgan fingerprint density at radius 3 is 2.70 bits per heavy atom. The zero-order valence-electron chi connectivity index (χ0n) is 11.4. The number of hydrogen-bond donors (Lipinski definition) is 1. The lowest BCUT2D eigenvalue weighted by molar-refractivity contribution is -0.159. The highest BCUT2D eigenvalue weighted by molar-refractivity contribution is 6.31. The number of rotatable bonds is 4. The lowest BCUT2D eigenvalue weighted by Crippen LogP contribution is -2.63. The van der Waals surface area contributed by atoms with Crippen LogP contribution in [0.15, 0.2) is 18.2 Å². The average molecular weight is 298 g/mol. The van der Waals surface area contributed by atoms with Gasteiger partial charge in [-0.25, -0.2) is 4.79 Å². The van der Waals surface area contributed by atoms with Crippen LogP contribution in [0.2, 0.25) is 5.02 Å². The summed E-state index contributed by atoms with van der Waals surface area (Å²) in [4.78, 5) is 24.4. The molecular formula is C14H16ClNO4. The van der Waals surface area contributed by atoms with Crippen molar-refractivity contribution in [2.75, 3.05) is 19.7 Å². The normalized spacial score (nSPS) is 16.6. The fourth-order valence-corrected chi connectivity index (χ4v) is 2.42. The Kier molecular flexibility index (Phi) is 4.01. The highest BCUT2D eigenvalue weighted by atomic mass is 35.5. The number of amides is 1. The minimum atomic E-state index is -1.01. The van der Waals surface area contributed by atoms with Gasteiger partial charge in [0.1, 0.15) is 12.2 Å². The number of carboxylic acid groups (broad SMARTS) is 1. The molecule has 1 aliphatic heterocycles. The lowest BCUT2D eigenvalue weighted by atomic mass is 9.94. The monoisotopic (exact) mass is 297 g/mol. The van der Waals surface area contributed by atoms with Gasteiger partial charge in [0, 0.05) is 10.6 Å². The van der Waals surface area contributed by atoms with Crippen LogP contribution in [0.25, 0.3) is 0 Å². The van der Waals surface area contributed by atoms with Gasteiger partial charge in [-0.15, -0.1) is 0 Å². The van der Waals surface area contributed by atoms with Crippen LogP contribution >= 0.6 is 11.6 Å². The smallest absolute Gasteiger partial charge is 0.329 e. The van der Waals surface area contributed by atoms with E-state index in [-0.39, 0.29) is 12.5 Å². The first-order valence-corrected chi connectivity index (χ1v) is 6.60. The molecule has 0 aromatic heterocycles. The zero-order chi connectivity index (χ0) is 14.9. The third kappa shape index (κ3) is 2.94. The van der Waals surface area contributed by atoms with E-state index in [0.29, 0.717) is 23.7 Å². The first-order valence-electron chi connectivity index (χ1n) is 6.22. The number of carboxylic acids is 1. The maximum atomic E-state index is 12.3. The molecule has 1 saturated heterocycles. The van der Waals surface area contributed by atoms with Gasteiger partial charge in [-0.3, -0.25) is 4.79 Å². The Hall–Kier alpha value is -1.59. The highest BCUT2D eigenvalue weighted by Gasteiger charge is 2.43. The molecule has 1 N–H and O–H groups in total. The van der Waals surface area contributed by atoms with Gasteiger partial charge in [0.05, 0.1) is 13.1 Å². The molecule has 1 fully saturated rings. The molecule has 1 heterocycles. The summed E-state index contributed by atoms with van der Waals surface area (Å²) in [5.74, 6) is -1.12. The maximum absolute atomic E-state index is 12.3. The first-order chi connectivity index (χ1) is 9.32. The molecule has 5 nitrogen and oxygen atoms in total. The van der Waals surface area contributed by atoms with Gasteiger partial charge in [-0.05, 0) is 31.5 Å². The van der Waals surface area contributed by atoms with Gasteiger partial charge in [0.2, 0.25) is 0 Å². The lowest BCUT2D eigenvalue weighted by Gasteiger charge is -2.47. The number of aliphatic carboxylic acids is 1. The average Bonchev–Trinajstić information content (AvgIpc) is 2.35. The van der Waals surface area contributed by atoms with Gasteiger partial charge in [0.25, 0.3) is 5.91 Å². The minimum Gasteiger partial charge on any atom is -0.480 e. The molecule has 1 aromatic carbocycles. The predicted molar refractivity (Wildman–Crippen MR) is 74.1 cm³/mol. The van der Waals surface area contributed by atoms with Crippen LogP contribution in [-0.4, -0.2) is 47.2 Å². The number of nitrogens with zero attached hydrogens (tertiary/aromatic N) is 1. The molecule has 0 saturated carbocycles. The third-order valence-corrected chi connectivity index (χ3v) is 3.79. The Balaban J connectivity index is 2.00. The molecular weight excluding hydrogens is 282 g/mol. The van der Waals surface area contributed by atoms with Gasteiger partial charge < -0.3 is 14.7 Å². The number of carbonyl (C=O) groups excluding carboxylic acids is 1. The molecule has 0 radical (unpaired) electrons. The van der Waals surface area contributed by atoms with Gasteiger partial charge in [-0.2, -0.15) is 0 Å². The fraction of sp³-hybridized carbons (Fsp3) is 0.429. The molecule has 20 heavy (non-hydrogen) atoms. The van der Waals surface area contributed by atoms with Crippen molar-refractivity contribution in [2.24, 2.45) is 0 Å². The second kappa shape index (κ2) is 5.42. The number of benzene rings is 1. The van der Waals surface area contributed by atoms with Crippen LogP contribution in [0.3, 0.4) is 0 Å².